The van der Waals surface area contributed by atoms with Gasteiger partial charge in [-0.1, -0.05) is 0 Å². The summed E-state index contributed by atoms with van der Waals surface area (Å²) < 4.78 is 28.0. The van der Waals surface area contributed by atoms with Crippen LogP contribution in [0.1, 0.15) is 32.1 Å². The molecule has 1 heterocycles. The largest absolute Gasteiger partial charge is 0.380 e. The molecule has 1 N–H and O–H groups in total. The van der Waals surface area contributed by atoms with E-state index in [4.69, 9.17) is 4.74 Å². The molecule has 0 aromatic heterocycles. The number of hydrogen-bond acceptors (Lipinski definition) is 4. The van der Waals surface area contributed by atoms with Crippen molar-refractivity contribution < 1.29 is 13.2 Å². The predicted molar refractivity (Wildman–Crippen MR) is 63.2 cm³/mol. The first-order valence-electron chi connectivity index (χ1n) is 6.10. The van der Waals surface area contributed by atoms with E-state index in [1.807, 2.05) is 0 Å². The van der Waals surface area contributed by atoms with Gasteiger partial charge in [-0.2, -0.15) is 0 Å². The summed E-state index contributed by atoms with van der Waals surface area (Å²) in [6.45, 7) is 0. The average Bonchev–Trinajstić information content (AvgIpc) is 2.68. The van der Waals surface area contributed by atoms with E-state index in [-0.39, 0.29) is 0 Å². The minimum absolute atomic E-state index is 0.318. The van der Waals surface area contributed by atoms with Crippen LogP contribution in [0.5, 0.6) is 0 Å². The van der Waals surface area contributed by atoms with E-state index < -0.39 is 9.84 Å². The molecule has 5 heteroatoms. The van der Waals surface area contributed by atoms with Crippen molar-refractivity contribution in [3.05, 3.63) is 0 Å². The van der Waals surface area contributed by atoms with E-state index in [0.29, 0.717) is 29.7 Å². The molecule has 2 fully saturated rings. The van der Waals surface area contributed by atoms with Crippen molar-refractivity contribution in [1.82, 2.24) is 5.32 Å². The van der Waals surface area contributed by atoms with Gasteiger partial charge < -0.3 is 10.1 Å². The van der Waals surface area contributed by atoms with Crippen molar-refractivity contribution in [2.75, 3.05) is 18.6 Å². The Morgan fingerprint density at radius 1 is 1.12 bits per heavy atom. The molecule has 2 atom stereocenters. The number of sulfone groups is 1. The Hall–Kier alpha value is -0.130. The molecule has 1 saturated carbocycles. The maximum Gasteiger partial charge on any atom is 0.150 e. The fraction of sp³-hybridized carbons (Fsp3) is 1.00. The summed E-state index contributed by atoms with van der Waals surface area (Å²) in [6, 6.07) is 0.792. The van der Waals surface area contributed by atoms with Gasteiger partial charge in [0.25, 0.3) is 0 Å². The third kappa shape index (κ3) is 2.96. The molecule has 2 aliphatic rings. The van der Waals surface area contributed by atoms with E-state index in [2.05, 4.69) is 5.32 Å². The molecule has 1 aliphatic carbocycles. The molecular weight excluding hydrogens is 226 g/mol. The zero-order valence-corrected chi connectivity index (χ0v) is 10.6. The topological polar surface area (TPSA) is 55.4 Å². The SMILES string of the molecule is COC1CCCC1NC1CCS(=O)(=O)CC1. The summed E-state index contributed by atoms with van der Waals surface area (Å²) in [5.41, 5.74) is 0. The molecule has 0 radical (unpaired) electrons. The summed E-state index contributed by atoms with van der Waals surface area (Å²) >= 11 is 0. The maximum atomic E-state index is 11.3. The number of methoxy groups -OCH3 is 1. The molecule has 1 aliphatic heterocycles. The second-order valence-electron chi connectivity index (χ2n) is 4.90. The first-order valence-corrected chi connectivity index (χ1v) is 7.92. The molecule has 0 aromatic rings. The van der Waals surface area contributed by atoms with Crippen LogP contribution in [0.25, 0.3) is 0 Å². The van der Waals surface area contributed by atoms with Gasteiger partial charge in [-0.3, -0.25) is 0 Å². The number of nitrogens with one attached hydrogen (secondary N) is 1. The zero-order valence-electron chi connectivity index (χ0n) is 9.81. The van der Waals surface area contributed by atoms with Gasteiger partial charge in [0.15, 0.2) is 0 Å². The first-order chi connectivity index (χ1) is 7.61. The Balaban J connectivity index is 1.82. The normalized spacial score (nSPS) is 35.3. The first kappa shape index (κ1) is 12.3. The Bertz CT molecular complexity index is 314. The summed E-state index contributed by atoms with van der Waals surface area (Å²) in [6.07, 6.45) is 5.32. The standard InChI is InChI=1S/C11H21NO3S/c1-15-11-4-2-3-10(11)12-9-5-7-16(13,14)8-6-9/h9-12H,2-8H2,1H3. The Labute approximate surface area is 97.7 Å². The van der Waals surface area contributed by atoms with Gasteiger partial charge in [-0.25, -0.2) is 8.42 Å². The van der Waals surface area contributed by atoms with Crippen LogP contribution < -0.4 is 5.32 Å². The smallest absolute Gasteiger partial charge is 0.150 e. The van der Waals surface area contributed by atoms with Crippen molar-refractivity contribution in [2.45, 2.75) is 50.3 Å². The molecule has 4 nitrogen and oxygen atoms in total. The van der Waals surface area contributed by atoms with Crippen molar-refractivity contribution in [2.24, 2.45) is 0 Å². The van der Waals surface area contributed by atoms with Gasteiger partial charge in [-0.05, 0) is 32.1 Å². The van der Waals surface area contributed by atoms with Gasteiger partial charge in [0.1, 0.15) is 9.84 Å². The molecule has 94 valence electrons. The molecule has 0 bridgehead atoms. The fourth-order valence-corrected chi connectivity index (χ4v) is 4.25. The number of hydrogen-bond donors (Lipinski definition) is 1. The lowest BCUT2D eigenvalue weighted by molar-refractivity contribution is 0.0807. The monoisotopic (exact) mass is 247 g/mol. The van der Waals surface area contributed by atoms with Crippen LogP contribution in [0.4, 0.5) is 0 Å². The van der Waals surface area contributed by atoms with E-state index >= 15 is 0 Å². The third-order valence-corrected chi connectivity index (χ3v) is 5.48. The number of ether oxygens (including phenoxy) is 1. The van der Waals surface area contributed by atoms with Gasteiger partial charge in [-0.15, -0.1) is 0 Å². The van der Waals surface area contributed by atoms with Crippen LogP contribution >= 0.6 is 0 Å². The van der Waals surface area contributed by atoms with Crippen LogP contribution in [0, 0.1) is 0 Å². The lowest BCUT2D eigenvalue weighted by Crippen LogP contribution is -2.46. The summed E-state index contributed by atoms with van der Waals surface area (Å²) in [5, 5.41) is 3.57. The van der Waals surface area contributed by atoms with Crippen LogP contribution in [0.2, 0.25) is 0 Å². The minimum Gasteiger partial charge on any atom is -0.380 e. The highest BCUT2D eigenvalue weighted by Crippen LogP contribution is 2.23. The quantitative estimate of drug-likeness (QED) is 0.798. The molecule has 2 unspecified atom stereocenters. The van der Waals surface area contributed by atoms with Gasteiger partial charge >= 0.3 is 0 Å². The Kier molecular flexibility index (Phi) is 3.87. The van der Waals surface area contributed by atoms with Crippen LogP contribution in [-0.4, -0.2) is 45.2 Å². The number of rotatable bonds is 3. The Morgan fingerprint density at radius 2 is 1.81 bits per heavy atom. The maximum absolute atomic E-state index is 11.3. The van der Waals surface area contributed by atoms with Crippen molar-refractivity contribution >= 4 is 9.84 Å². The van der Waals surface area contributed by atoms with Gasteiger partial charge in [0, 0.05) is 19.2 Å². The summed E-state index contributed by atoms with van der Waals surface area (Å²) in [5.74, 6) is 0.685. The fourth-order valence-electron chi connectivity index (χ4n) is 2.76. The highest BCUT2D eigenvalue weighted by Gasteiger charge is 2.31. The molecule has 16 heavy (non-hydrogen) atoms. The second kappa shape index (κ2) is 5.02. The van der Waals surface area contributed by atoms with Gasteiger partial charge in [0.05, 0.1) is 17.6 Å². The molecule has 0 amide bonds. The predicted octanol–water partition coefficient (Wildman–Crippen LogP) is 0.721. The van der Waals surface area contributed by atoms with Crippen LogP contribution in [0.3, 0.4) is 0 Å². The second-order valence-corrected chi connectivity index (χ2v) is 7.21. The van der Waals surface area contributed by atoms with Crippen molar-refractivity contribution in [3.63, 3.8) is 0 Å². The van der Waals surface area contributed by atoms with Gasteiger partial charge in [0.2, 0.25) is 0 Å². The molecule has 2 rings (SSSR count). The van der Waals surface area contributed by atoms with E-state index in [0.717, 1.165) is 25.7 Å². The van der Waals surface area contributed by atoms with Crippen LogP contribution in [0.15, 0.2) is 0 Å². The zero-order chi connectivity index (χ0) is 11.6. The average molecular weight is 247 g/mol. The van der Waals surface area contributed by atoms with Crippen LogP contribution in [-0.2, 0) is 14.6 Å². The lowest BCUT2D eigenvalue weighted by atomic mass is 10.1. The molecule has 0 aromatic carbocycles. The van der Waals surface area contributed by atoms with Crippen molar-refractivity contribution in [1.29, 1.82) is 0 Å². The van der Waals surface area contributed by atoms with E-state index in [1.54, 1.807) is 7.11 Å². The summed E-state index contributed by atoms with van der Waals surface area (Å²) in [7, 11) is -0.980. The Morgan fingerprint density at radius 3 is 2.44 bits per heavy atom. The molecular formula is C11H21NO3S. The lowest BCUT2D eigenvalue weighted by Gasteiger charge is -2.29. The highest BCUT2D eigenvalue weighted by atomic mass is 32.2. The van der Waals surface area contributed by atoms with E-state index in [1.165, 1.54) is 6.42 Å². The minimum atomic E-state index is -2.74. The van der Waals surface area contributed by atoms with Crippen molar-refractivity contribution in [3.8, 4) is 0 Å². The van der Waals surface area contributed by atoms with E-state index in [9.17, 15) is 8.42 Å². The summed E-state index contributed by atoms with van der Waals surface area (Å²) in [4.78, 5) is 0. The third-order valence-electron chi connectivity index (χ3n) is 3.76. The molecule has 0 spiro atoms. The highest BCUT2D eigenvalue weighted by molar-refractivity contribution is 7.91. The molecule has 1 saturated heterocycles.